The molecule has 0 spiro atoms. The van der Waals surface area contributed by atoms with Gasteiger partial charge in [-0.1, -0.05) is 30.5 Å². The summed E-state index contributed by atoms with van der Waals surface area (Å²) in [5, 5.41) is 9.39. The molecule has 0 radical (unpaired) electrons. The van der Waals surface area contributed by atoms with E-state index in [1.54, 1.807) is 0 Å². The number of para-hydroxylation sites is 1. The van der Waals surface area contributed by atoms with Gasteiger partial charge >= 0.3 is 0 Å². The molecule has 0 fully saturated rings. The Hall–Kier alpha value is -1.95. The lowest BCUT2D eigenvalue weighted by Gasteiger charge is -2.37. The van der Waals surface area contributed by atoms with Crippen LogP contribution in [0.15, 0.2) is 29.6 Å². The van der Waals surface area contributed by atoms with Crippen LogP contribution in [0, 0.1) is 5.92 Å². The van der Waals surface area contributed by atoms with Crippen LogP contribution >= 0.6 is 11.5 Å². The van der Waals surface area contributed by atoms with Crippen molar-refractivity contribution in [2.45, 2.75) is 20.0 Å². The third-order valence-electron chi connectivity index (χ3n) is 3.24. The van der Waals surface area contributed by atoms with Crippen molar-refractivity contribution in [1.29, 1.82) is 0 Å². The van der Waals surface area contributed by atoms with E-state index in [4.69, 9.17) is 0 Å². The largest absolute Gasteiger partial charge is 0.359 e. The SMILES string of the molecule is CC(C)CN1C(=O)c2ccccc2NC1c1csnn1. The van der Waals surface area contributed by atoms with E-state index in [0.29, 0.717) is 18.0 Å². The van der Waals surface area contributed by atoms with E-state index in [1.165, 1.54) is 11.5 Å². The van der Waals surface area contributed by atoms with Crippen molar-refractivity contribution >= 4 is 23.1 Å². The molecule has 6 heteroatoms. The van der Waals surface area contributed by atoms with E-state index >= 15 is 0 Å². The van der Waals surface area contributed by atoms with Crippen LogP contribution in [0.1, 0.15) is 36.1 Å². The highest BCUT2D eigenvalue weighted by Crippen LogP contribution is 2.32. The molecular formula is C14H16N4OS. The highest BCUT2D eigenvalue weighted by Gasteiger charge is 2.34. The summed E-state index contributed by atoms with van der Waals surface area (Å²) in [6.45, 7) is 4.89. The molecule has 5 nitrogen and oxygen atoms in total. The molecule has 2 aromatic rings. The van der Waals surface area contributed by atoms with Crippen LogP contribution in [-0.2, 0) is 0 Å². The number of carbonyl (C=O) groups excluding carboxylic acids is 1. The van der Waals surface area contributed by atoms with E-state index < -0.39 is 0 Å². The van der Waals surface area contributed by atoms with Gasteiger partial charge in [0.05, 0.1) is 5.56 Å². The summed E-state index contributed by atoms with van der Waals surface area (Å²) in [5.74, 6) is 0.436. The van der Waals surface area contributed by atoms with Gasteiger partial charge in [0.25, 0.3) is 5.91 Å². The predicted molar refractivity (Wildman–Crippen MR) is 78.6 cm³/mol. The molecule has 20 heavy (non-hydrogen) atoms. The van der Waals surface area contributed by atoms with Crippen molar-refractivity contribution < 1.29 is 4.79 Å². The topological polar surface area (TPSA) is 58.1 Å². The molecule has 0 saturated carbocycles. The maximum Gasteiger partial charge on any atom is 0.257 e. The number of rotatable bonds is 3. The number of nitrogens with one attached hydrogen (secondary N) is 1. The average molecular weight is 288 g/mol. The minimum atomic E-state index is -0.237. The number of nitrogens with zero attached hydrogens (tertiary/aromatic N) is 3. The fourth-order valence-corrected chi connectivity index (χ4v) is 2.87. The number of carbonyl (C=O) groups is 1. The van der Waals surface area contributed by atoms with Crippen molar-refractivity contribution in [1.82, 2.24) is 14.5 Å². The molecule has 3 rings (SSSR count). The number of aromatic nitrogens is 2. The molecule has 1 N–H and O–H groups in total. The molecular weight excluding hydrogens is 272 g/mol. The summed E-state index contributed by atoms with van der Waals surface area (Å²) in [6.07, 6.45) is -0.237. The summed E-state index contributed by atoms with van der Waals surface area (Å²) in [4.78, 5) is 14.5. The van der Waals surface area contributed by atoms with Crippen LogP contribution in [0.3, 0.4) is 0 Å². The van der Waals surface area contributed by atoms with Crippen molar-refractivity contribution in [3.63, 3.8) is 0 Å². The van der Waals surface area contributed by atoms with Gasteiger partial charge < -0.3 is 10.2 Å². The third-order valence-corrected chi connectivity index (χ3v) is 3.76. The van der Waals surface area contributed by atoms with Crippen LogP contribution in [0.5, 0.6) is 0 Å². The molecule has 1 unspecified atom stereocenters. The molecule has 0 bridgehead atoms. The minimum absolute atomic E-state index is 0.0473. The fourth-order valence-electron chi connectivity index (χ4n) is 2.40. The molecule has 1 aromatic carbocycles. The zero-order valence-corrected chi connectivity index (χ0v) is 12.2. The maximum atomic E-state index is 12.7. The molecule has 0 aliphatic carbocycles. The van der Waals surface area contributed by atoms with E-state index in [9.17, 15) is 4.79 Å². The Kier molecular flexibility index (Phi) is 3.40. The monoisotopic (exact) mass is 288 g/mol. The van der Waals surface area contributed by atoms with Crippen LogP contribution in [0.2, 0.25) is 0 Å². The summed E-state index contributed by atoms with van der Waals surface area (Å²) in [5.41, 5.74) is 2.36. The van der Waals surface area contributed by atoms with Gasteiger partial charge in [-0.15, -0.1) is 5.10 Å². The highest BCUT2D eigenvalue weighted by molar-refractivity contribution is 7.03. The van der Waals surface area contributed by atoms with E-state index in [0.717, 1.165) is 11.4 Å². The molecule has 104 valence electrons. The number of fused-ring (bicyclic) bond motifs is 1. The minimum Gasteiger partial charge on any atom is -0.359 e. The van der Waals surface area contributed by atoms with Gasteiger partial charge in [0, 0.05) is 17.6 Å². The van der Waals surface area contributed by atoms with Crippen molar-refractivity contribution in [3.8, 4) is 0 Å². The molecule has 1 aliphatic heterocycles. The number of hydrogen-bond donors (Lipinski definition) is 1. The first kappa shape index (κ1) is 13.1. The van der Waals surface area contributed by atoms with Crippen molar-refractivity contribution in [2.24, 2.45) is 5.92 Å². The molecule has 0 saturated heterocycles. The van der Waals surface area contributed by atoms with Crippen LogP contribution < -0.4 is 5.32 Å². The third kappa shape index (κ3) is 2.27. The first-order chi connectivity index (χ1) is 9.66. The number of hydrogen-bond acceptors (Lipinski definition) is 5. The van der Waals surface area contributed by atoms with Gasteiger partial charge in [0.2, 0.25) is 0 Å². The lowest BCUT2D eigenvalue weighted by atomic mass is 10.0. The Balaban J connectivity index is 2.02. The van der Waals surface area contributed by atoms with E-state index in [-0.39, 0.29) is 12.1 Å². The number of anilines is 1. The normalized spacial score (nSPS) is 18.1. The predicted octanol–water partition coefficient (Wildman–Crippen LogP) is 2.76. The molecule has 1 aliphatic rings. The first-order valence-corrected chi connectivity index (χ1v) is 7.44. The smallest absolute Gasteiger partial charge is 0.257 e. The summed E-state index contributed by atoms with van der Waals surface area (Å²) in [6, 6.07) is 7.59. The molecule has 1 aromatic heterocycles. The second-order valence-electron chi connectivity index (χ2n) is 5.27. The van der Waals surface area contributed by atoms with Crippen molar-refractivity contribution in [2.75, 3.05) is 11.9 Å². The van der Waals surface area contributed by atoms with Crippen LogP contribution in [0.25, 0.3) is 0 Å². The average Bonchev–Trinajstić information content (AvgIpc) is 2.95. The summed E-state index contributed by atoms with van der Waals surface area (Å²) < 4.78 is 3.91. The lowest BCUT2D eigenvalue weighted by molar-refractivity contribution is 0.0654. The van der Waals surface area contributed by atoms with Gasteiger partial charge in [-0.05, 0) is 29.6 Å². The van der Waals surface area contributed by atoms with Gasteiger partial charge in [0.15, 0.2) is 0 Å². The number of benzene rings is 1. The summed E-state index contributed by atoms with van der Waals surface area (Å²) in [7, 11) is 0. The summed E-state index contributed by atoms with van der Waals surface area (Å²) >= 11 is 1.30. The van der Waals surface area contributed by atoms with E-state index in [1.807, 2.05) is 34.5 Å². The lowest BCUT2D eigenvalue weighted by Crippen LogP contribution is -2.44. The Morgan fingerprint density at radius 3 is 2.90 bits per heavy atom. The molecule has 1 atom stereocenters. The van der Waals surface area contributed by atoms with Crippen LogP contribution in [-0.4, -0.2) is 26.9 Å². The second-order valence-corrected chi connectivity index (χ2v) is 5.88. The van der Waals surface area contributed by atoms with Crippen LogP contribution in [0.4, 0.5) is 5.69 Å². The Morgan fingerprint density at radius 2 is 2.20 bits per heavy atom. The zero-order chi connectivity index (χ0) is 14.1. The Bertz CT molecular complexity index is 611. The Labute approximate surface area is 121 Å². The molecule has 1 amide bonds. The quantitative estimate of drug-likeness (QED) is 0.943. The van der Waals surface area contributed by atoms with Gasteiger partial charge in [-0.2, -0.15) is 0 Å². The zero-order valence-electron chi connectivity index (χ0n) is 11.4. The standard InChI is InChI=1S/C14H16N4OS/c1-9(2)7-18-13(12-8-20-17-16-12)15-11-6-4-3-5-10(11)14(18)19/h3-6,8-9,13,15H,7H2,1-2H3. The van der Waals surface area contributed by atoms with Gasteiger partial charge in [0.1, 0.15) is 11.9 Å². The fraction of sp³-hybridized carbons (Fsp3) is 0.357. The second kappa shape index (κ2) is 5.20. The van der Waals surface area contributed by atoms with Gasteiger partial charge in [-0.25, -0.2) is 0 Å². The highest BCUT2D eigenvalue weighted by atomic mass is 32.1. The maximum absolute atomic E-state index is 12.7. The van der Waals surface area contributed by atoms with Gasteiger partial charge in [-0.3, -0.25) is 4.79 Å². The first-order valence-electron chi connectivity index (χ1n) is 6.60. The van der Waals surface area contributed by atoms with E-state index in [2.05, 4.69) is 28.8 Å². The Morgan fingerprint density at radius 1 is 1.40 bits per heavy atom. The molecule has 2 heterocycles. The van der Waals surface area contributed by atoms with Crippen molar-refractivity contribution in [3.05, 3.63) is 40.9 Å². The number of amides is 1.